The molecule has 2 aromatic carbocycles. The van der Waals surface area contributed by atoms with Crippen LogP contribution in [0.2, 0.25) is 0 Å². The van der Waals surface area contributed by atoms with Crippen molar-refractivity contribution >= 4 is 32.9 Å². The van der Waals surface area contributed by atoms with Gasteiger partial charge in [0.05, 0.1) is 10.8 Å². The molecule has 3 heterocycles. The number of aryl methyl sites for hydroxylation is 2. The van der Waals surface area contributed by atoms with Crippen LogP contribution in [-0.2, 0) is 12.8 Å². The van der Waals surface area contributed by atoms with E-state index >= 15 is 0 Å². The summed E-state index contributed by atoms with van der Waals surface area (Å²) in [6.45, 7) is 3.91. The number of furan rings is 1. The second kappa shape index (κ2) is 6.62. The lowest BCUT2D eigenvalue weighted by Gasteiger charge is -2.07. The SMILES string of the molecule is CCc1cccc2c(O)c(-c3cc4c(=O)oc5c(CC)cccc5c4o3)c(=O)oc12. The summed E-state index contributed by atoms with van der Waals surface area (Å²) in [6, 6.07) is 12.3. The topological polar surface area (TPSA) is 93.8 Å². The molecule has 0 aliphatic rings. The van der Waals surface area contributed by atoms with Gasteiger partial charge in [-0.2, -0.15) is 0 Å². The van der Waals surface area contributed by atoms with Gasteiger partial charge in [0.25, 0.3) is 0 Å². The second-order valence-electron chi connectivity index (χ2n) is 7.15. The van der Waals surface area contributed by atoms with Crippen molar-refractivity contribution in [1.29, 1.82) is 0 Å². The molecule has 0 unspecified atom stereocenters. The van der Waals surface area contributed by atoms with Crippen LogP contribution in [-0.4, -0.2) is 5.11 Å². The first-order valence-electron chi connectivity index (χ1n) is 9.79. The third kappa shape index (κ3) is 2.50. The normalized spacial score (nSPS) is 11.7. The molecular weight excluding hydrogens is 384 g/mol. The predicted molar refractivity (Wildman–Crippen MR) is 114 cm³/mol. The van der Waals surface area contributed by atoms with Crippen LogP contribution in [0.3, 0.4) is 0 Å². The third-order valence-corrected chi connectivity index (χ3v) is 5.48. The van der Waals surface area contributed by atoms with Crippen LogP contribution in [0.15, 0.2) is 65.3 Å². The smallest absolute Gasteiger partial charge is 0.351 e. The number of aromatic hydroxyl groups is 1. The quantitative estimate of drug-likeness (QED) is 0.420. The van der Waals surface area contributed by atoms with Gasteiger partial charge in [0.1, 0.15) is 33.6 Å². The Labute approximate surface area is 170 Å². The van der Waals surface area contributed by atoms with Gasteiger partial charge in [-0.1, -0.05) is 38.1 Å². The maximum absolute atomic E-state index is 12.8. The minimum atomic E-state index is -0.733. The van der Waals surface area contributed by atoms with E-state index < -0.39 is 11.3 Å². The molecule has 5 rings (SSSR count). The van der Waals surface area contributed by atoms with Crippen molar-refractivity contribution in [2.45, 2.75) is 26.7 Å². The summed E-state index contributed by atoms with van der Waals surface area (Å²) >= 11 is 0. The molecule has 0 atom stereocenters. The van der Waals surface area contributed by atoms with Gasteiger partial charge in [-0.05, 0) is 36.1 Å². The van der Waals surface area contributed by atoms with Gasteiger partial charge in [-0.15, -0.1) is 0 Å². The number of rotatable bonds is 3. The van der Waals surface area contributed by atoms with E-state index in [4.69, 9.17) is 13.3 Å². The maximum Gasteiger partial charge on any atom is 0.351 e. The average molecular weight is 402 g/mol. The third-order valence-electron chi connectivity index (χ3n) is 5.48. The molecule has 1 N–H and O–H groups in total. The Hall–Kier alpha value is -3.80. The summed E-state index contributed by atoms with van der Waals surface area (Å²) in [7, 11) is 0. The zero-order valence-corrected chi connectivity index (χ0v) is 16.4. The van der Waals surface area contributed by atoms with Crippen molar-refractivity contribution in [2.24, 2.45) is 0 Å². The van der Waals surface area contributed by atoms with Gasteiger partial charge < -0.3 is 18.4 Å². The van der Waals surface area contributed by atoms with Crippen LogP contribution >= 0.6 is 0 Å². The lowest BCUT2D eigenvalue weighted by Crippen LogP contribution is -2.04. The lowest BCUT2D eigenvalue weighted by molar-refractivity contribution is 0.467. The first kappa shape index (κ1) is 18.2. The summed E-state index contributed by atoms with van der Waals surface area (Å²) in [5.41, 5.74) is 1.40. The van der Waals surface area contributed by atoms with Crippen LogP contribution in [0.25, 0.3) is 44.2 Å². The highest BCUT2D eigenvalue weighted by Crippen LogP contribution is 2.38. The molecule has 0 aliphatic heterocycles. The van der Waals surface area contributed by atoms with Crippen molar-refractivity contribution in [2.75, 3.05) is 0 Å². The zero-order chi connectivity index (χ0) is 21.0. The van der Waals surface area contributed by atoms with Crippen LogP contribution in [0.1, 0.15) is 25.0 Å². The number of para-hydroxylation sites is 2. The van der Waals surface area contributed by atoms with Crippen molar-refractivity contribution in [1.82, 2.24) is 0 Å². The van der Waals surface area contributed by atoms with Crippen LogP contribution in [0.4, 0.5) is 0 Å². The van der Waals surface area contributed by atoms with E-state index in [-0.39, 0.29) is 22.5 Å². The van der Waals surface area contributed by atoms with Gasteiger partial charge >= 0.3 is 11.3 Å². The number of fused-ring (bicyclic) bond motifs is 4. The molecule has 6 nitrogen and oxygen atoms in total. The molecule has 5 aromatic rings. The van der Waals surface area contributed by atoms with E-state index in [1.54, 1.807) is 18.2 Å². The van der Waals surface area contributed by atoms with Crippen molar-refractivity contribution in [3.05, 3.63) is 74.4 Å². The Morgan fingerprint density at radius 1 is 0.733 bits per heavy atom. The Kier molecular flexibility index (Phi) is 4.03. The lowest BCUT2D eigenvalue weighted by atomic mass is 10.1. The van der Waals surface area contributed by atoms with E-state index in [1.165, 1.54) is 6.07 Å². The van der Waals surface area contributed by atoms with Gasteiger partial charge in [0, 0.05) is 6.07 Å². The standard InChI is InChI=1S/C24H18O6/c1-3-12-7-5-9-14-19(25)18(24(27)30-20(12)14)17-11-16-22(28-17)15-10-6-8-13(4-2)21(15)29-23(16)26/h5-11,25H,3-4H2,1-2H3. The molecule has 0 spiro atoms. The molecule has 0 fully saturated rings. The summed E-state index contributed by atoms with van der Waals surface area (Å²) in [5.74, 6) is -0.180. The molecule has 0 radical (unpaired) electrons. The van der Waals surface area contributed by atoms with Crippen LogP contribution in [0.5, 0.6) is 5.75 Å². The van der Waals surface area contributed by atoms with Crippen molar-refractivity contribution < 1.29 is 18.4 Å². The van der Waals surface area contributed by atoms with Crippen molar-refractivity contribution in [3.63, 3.8) is 0 Å². The summed E-state index contributed by atoms with van der Waals surface area (Å²) in [4.78, 5) is 25.3. The molecule has 0 aliphatic carbocycles. The highest BCUT2D eigenvalue weighted by atomic mass is 16.4. The van der Waals surface area contributed by atoms with Gasteiger partial charge in [-0.25, -0.2) is 9.59 Å². The highest BCUT2D eigenvalue weighted by molar-refractivity contribution is 6.03. The van der Waals surface area contributed by atoms with Crippen LogP contribution < -0.4 is 11.3 Å². The average Bonchev–Trinajstić information content (AvgIpc) is 3.19. The Morgan fingerprint density at radius 3 is 2.00 bits per heavy atom. The van der Waals surface area contributed by atoms with E-state index in [9.17, 15) is 14.7 Å². The van der Waals surface area contributed by atoms with Crippen LogP contribution in [0, 0.1) is 0 Å². The molecule has 6 heteroatoms. The molecule has 0 saturated carbocycles. The van der Waals surface area contributed by atoms with E-state index in [0.717, 1.165) is 11.1 Å². The first-order valence-corrected chi connectivity index (χ1v) is 9.79. The fourth-order valence-corrected chi connectivity index (χ4v) is 3.94. The first-order chi connectivity index (χ1) is 14.5. The minimum absolute atomic E-state index is 0.0572. The van der Waals surface area contributed by atoms with Gasteiger partial charge in [-0.3, -0.25) is 0 Å². The number of benzene rings is 2. The highest BCUT2D eigenvalue weighted by Gasteiger charge is 2.23. The molecule has 0 saturated heterocycles. The van der Waals surface area contributed by atoms with E-state index in [2.05, 4.69) is 0 Å². The van der Waals surface area contributed by atoms with Gasteiger partial charge in [0.15, 0.2) is 5.58 Å². The molecule has 0 bridgehead atoms. The maximum atomic E-state index is 12.8. The summed E-state index contributed by atoms with van der Waals surface area (Å²) < 4.78 is 17.0. The largest absolute Gasteiger partial charge is 0.506 e. The molecule has 150 valence electrons. The van der Waals surface area contributed by atoms with E-state index in [0.29, 0.717) is 40.4 Å². The predicted octanol–water partition coefficient (Wildman–Crippen LogP) is 5.14. The molecular formula is C24H18O6. The van der Waals surface area contributed by atoms with Crippen molar-refractivity contribution in [3.8, 4) is 17.1 Å². The molecule has 0 amide bonds. The Balaban J connectivity index is 1.86. The second-order valence-corrected chi connectivity index (χ2v) is 7.15. The zero-order valence-electron chi connectivity index (χ0n) is 16.4. The summed E-state index contributed by atoms with van der Waals surface area (Å²) in [6.07, 6.45) is 1.34. The van der Waals surface area contributed by atoms with Gasteiger partial charge in [0.2, 0.25) is 0 Å². The molecule has 30 heavy (non-hydrogen) atoms. The molecule has 3 aromatic heterocycles. The summed E-state index contributed by atoms with van der Waals surface area (Å²) in [5, 5.41) is 12.1. The minimum Gasteiger partial charge on any atom is -0.506 e. The fraction of sp³-hybridized carbons (Fsp3) is 0.167. The Bertz CT molecular complexity index is 1560. The van der Waals surface area contributed by atoms with E-state index in [1.807, 2.05) is 32.0 Å². The number of hydrogen-bond acceptors (Lipinski definition) is 6. The monoisotopic (exact) mass is 402 g/mol. The fourth-order valence-electron chi connectivity index (χ4n) is 3.94. The number of hydrogen-bond donors (Lipinski definition) is 1. The Morgan fingerprint density at radius 2 is 1.33 bits per heavy atom.